The summed E-state index contributed by atoms with van der Waals surface area (Å²) in [6, 6.07) is 4.36. The Hall–Kier alpha value is -0.590. The van der Waals surface area contributed by atoms with Crippen molar-refractivity contribution < 1.29 is 0 Å². The standard InChI is InChI=1S/C17H31N3/c1-4-15-8-5-6-11-20(15)16-9-7-10-17(12-16,13-18)19-14(2)3/h14-16,19H,4-12H2,1-3H3. The average Bonchev–Trinajstić information content (AvgIpc) is 2.46. The lowest BCUT2D eigenvalue weighted by Gasteiger charge is -2.47. The number of nitrogens with zero attached hydrogens (tertiary/aromatic N) is 2. The van der Waals surface area contributed by atoms with Crippen LogP contribution < -0.4 is 5.32 Å². The van der Waals surface area contributed by atoms with Gasteiger partial charge in [-0.15, -0.1) is 0 Å². The Morgan fingerprint density at radius 1 is 1.30 bits per heavy atom. The molecule has 3 heteroatoms. The monoisotopic (exact) mass is 277 g/mol. The van der Waals surface area contributed by atoms with Gasteiger partial charge in [0.05, 0.1) is 6.07 Å². The summed E-state index contributed by atoms with van der Waals surface area (Å²) in [5.74, 6) is 0. The number of nitrogens with one attached hydrogen (secondary N) is 1. The largest absolute Gasteiger partial charge is 0.297 e. The van der Waals surface area contributed by atoms with Gasteiger partial charge in [-0.3, -0.25) is 10.2 Å². The summed E-state index contributed by atoms with van der Waals surface area (Å²) in [7, 11) is 0. The van der Waals surface area contributed by atoms with Crippen LogP contribution in [0, 0.1) is 11.3 Å². The van der Waals surface area contributed by atoms with Gasteiger partial charge in [-0.05, 0) is 65.3 Å². The summed E-state index contributed by atoms with van der Waals surface area (Å²) >= 11 is 0. The molecule has 1 aliphatic heterocycles. The molecule has 3 nitrogen and oxygen atoms in total. The van der Waals surface area contributed by atoms with Crippen LogP contribution in [0.5, 0.6) is 0 Å². The number of nitriles is 1. The van der Waals surface area contributed by atoms with Gasteiger partial charge in [-0.1, -0.05) is 13.3 Å². The van der Waals surface area contributed by atoms with Crippen LogP contribution in [0.1, 0.15) is 72.1 Å². The Morgan fingerprint density at radius 2 is 2.10 bits per heavy atom. The fourth-order valence-electron chi connectivity index (χ4n) is 4.29. The molecule has 0 amide bonds. The maximum Gasteiger partial charge on any atom is 0.108 e. The number of piperidine rings is 1. The molecule has 0 aromatic rings. The molecular weight excluding hydrogens is 246 g/mol. The van der Waals surface area contributed by atoms with Crippen molar-refractivity contribution in [3.63, 3.8) is 0 Å². The van der Waals surface area contributed by atoms with Gasteiger partial charge in [-0.2, -0.15) is 5.26 Å². The first-order valence-electron chi connectivity index (χ1n) is 8.55. The van der Waals surface area contributed by atoms with E-state index in [4.69, 9.17) is 0 Å². The topological polar surface area (TPSA) is 39.1 Å². The van der Waals surface area contributed by atoms with E-state index in [9.17, 15) is 5.26 Å². The van der Waals surface area contributed by atoms with Crippen LogP contribution in [-0.2, 0) is 0 Å². The number of hydrogen-bond donors (Lipinski definition) is 1. The van der Waals surface area contributed by atoms with Crippen molar-refractivity contribution in [3.8, 4) is 6.07 Å². The van der Waals surface area contributed by atoms with Gasteiger partial charge < -0.3 is 0 Å². The maximum absolute atomic E-state index is 9.70. The predicted octanol–water partition coefficient (Wildman–Crippen LogP) is 3.45. The normalized spacial score (nSPS) is 36.0. The smallest absolute Gasteiger partial charge is 0.108 e. The molecule has 1 N–H and O–H groups in total. The maximum atomic E-state index is 9.70. The van der Waals surface area contributed by atoms with E-state index in [-0.39, 0.29) is 5.54 Å². The number of hydrogen-bond acceptors (Lipinski definition) is 3. The third kappa shape index (κ3) is 3.54. The van der Waals surface area contributed by atoms with E-state index in [1.807, 2.05) is 0 Å². The summed E-state index contributed by atoms with van der Waals surface area (Å²) < 4.78 is 0. The molecule has 0 radical (unpaired) electrons. The van der Waals surface area contributed by atoms with Crippen molar-refractivity contribution in [2.45, 2.75) is 95.8 Å². The molecule has 0 aromatic heterocycles. The fraction of sp³-hybridized carbons (Fsp3) is 0.941. The van der Waals surface area contributed by atoms with Gasteiger partial charge >= 0.3 is 0 Å². The lowest BCUT2D eigenvalue weighted by Crippen LogP contribution is -2.57. The lowest BCUT2D eigenvalue weighted by atomic mass is 9.77. The van der Waals surface area contributed by atoms with Crippen molar-refractivity contribution in [2.24, 2.45) is 0 Å². The molecule has 3 unspecified atom stereocenters. The third-order valence-corrected chi connectivity index (χ3v) is 5.12. The van der Waals surface area contributed by atoms with E-state index in [2.05, 4.69) is 37.1 Å². The molecule has 1 heterocycles. The second-order valence-electron chi connectivity index (χ2n) is 7.04. The molecule has 20 heavy (non-hydrogen) atoms. The Labute approximate surface area is 124 Å². The molecular formula is C17H31N3. The summed E-state index contributed by atoms with van der Waals surface area (Å²) in [6.45, 7) is 7.86. The van der Waals surface area contributed by atoms with E-state index in [1.54, 1.807) is 0 Å². The minimum absolute atomic E-state index is 0.285. The third-order valence-electron chi connectivity index (χ3n) is 5.12. The predicted molar refractivity (Wildman–Crippen MR) is 83.5 cm³/mol. The average molecular weight is 277 g/mol. The Morgan fingerprint density at radius 3 is 2.75 bits per heavy atom. The van der Waals surface area contributed by atoms with Crippen LogP contribution in [0.15, 0.2) is 0 Å². The Balaban J connectivity index is 2.07. The zero-order valence-electron chi connectivity index (χ0n) is 13.5. The van der Waals surface area contributed by atoms with Gasteiger partial charge in [-0.25, -0.2) is 0 Å². The summed E-state index contributed by atoms with van der Waals surface area (Å²) in [5.41, 5.74) is -0.285. The van der Waals surface area contributed by atoms with Crippen molar-refractivity contribution in [2.75, 3.05) is 6.54 Å². The Bertz CT molecular complexity index is 347. The van der Waals surface area contributed by atoms with E-state index in [0.29, 0.717) is 12.1 Å². The highest BCUT2D eigenvalue weighted by molar-refractivity contribution is 5.12. The molecule has 1 aliphatic carbocycles. The van der Waals surface area contributed by atoms with Crippen LogP contribution in [0.3, 0.4) is 0 Å². The molecule has 0 bridgehead atoms. The summed E-state index contributed by atoms with van der Waals surface area (Å²) in [5, 5.41) is 13.3. The van der Waals surface area contributed by atoms with Crippen molar-refractivity contribution in [3.05, 3.63) is 0 Å². The number of rotatable bonds is 4. The van der Waals surface area contributed by atoms with Crippen LogP contribution in [0.25, 0.3) is 0 Å². The molecule has 0 spiro atoms. The van der Waals surface area contributed by atoms with E-state index in [1.165, 1.54) is 45.1 Å². The minimum atomic E-state index is -0.285. The van der Waals surface area contributed by atoms with Gasteiger partial charge in [0.15, 0.2) is 0 Å². The van der Waals surface area contributed by atoms with Gasteiger partial charge in [0.1, 0.15) is 5.54 Å². The zero-order chi connectivity index (χ0) is 14.6. The minimum Gasteiger partial charge on any atom is -0.297 e. The van der Waals surface area contributed by atoms with Gasteiger partial charge in [0.25, 0.3) is 0 Å². The van der Waals surface area contributed by atoms with Crippen molar-refractivity contribution in [1.29, 1.82) is 5.26 Å². The van der Waals surface area contributed by atoms with E-state index < -0.39 is 0 Å². The van der Waals surface area contributed by atoms with Gasteiger partial charge in [0, 0.05) is 18.1 Å². The molecule has 3 atom stereocenters. The second kappa shape index (κ2) is 6.91. The molecule has 1 saturated carbocycles. The zero-order valence-corrected chi connectivity index (χ0v) is 13.5. The lowest BCUT2D eigenvalue weighted by molar-refractivity contribution is 0.0506. The fourth-order valence-corrected chi connectivity index (χ4v) is 4.29. The quantitative estimate of drug-likeness (QED) is 0.855. The molecule has 2 aliphatic rings. The highest BCUT2D eigenvalue weighted by Gasteiger charge is 2.40. The molecule has 2 rings (SSSR count). The first-order chi connectivity index (χ1) is 9.60. The summed E-state index contributed by atoms with van der Waals surface area (Å²) in [6.07, 6.45) is 9.82. The van der Waals surface area contributed by atoms with Crippen LogP contribution in [-0.4, -0.2) is 35.1 Å². The van der Waals surface area contributed by atoms with E-state index in [0.717, 1.165) is 18.9 Å². The molecule has 1 saturated heterocycles. The van der Waals surface area contributed by atoms with Crippen molar-refractivity contribution >= 4 is 0 Å². The molecule has 2 fully saturated rings. The number of likely N-dealkylation sites (tertiary alicyclic amines) is 1. The molecule has 0 aromatic carbocycles. The van der Waals surface area contributed by atoms with Crippen LogP contribution in [0.2, 0.25) is 0 Å². The van der Waals surface area contributed by atoms with Gasteiger partial charge in [0.2, 0.25) is 0 Å². The highest BCUT2D eigenvalue weighted by Crippen LogP contribution is 2.34. The van der Waals surface area contributed by atoms with Crippen molar-refractivity contribution in [1.82, 2.24) is 10.2 Å². The SMILES string of the molecule is CCC1CCCCN1C1CCCC(C#N)(NC(C)C)C1. The van der Waals surface area contributed by atoms with E-state index >= 15 is 0 Å². The van der Waals surface area contributed by atoms with Crippen LogP contribution in [0.4, 0.5) is 0 Å². The highest BCUT2D eigenvalue weighted by atomic mass is 15.2. The Kier molecular flexibility index (Phi) is 5.46. The summed E-state index contributed by atoms with van der Waals surface area (Å²) in [4.78, 5) is 2.73. The molecule has 114 valence electrons. The first kappa shape index (κ1) is 15.8. The second-order valence-corrected chi connectivity index (χ2v) is 7.04. The van der Waals surface area contributed by atoms with Crippen LogP contribution >= 0.6 is 0 Å². The first-order valence-corrected chi connectivity index (χ1v) is 8.55.